The van der Waals surface area contributed by atoms with Crippen molar-refractivity contribution in [2.75, 3.05) is 7.11 Å². The van der Waals surface area contributed by atoms with Crippen LogP contribution in [0.3, 0.4) is 0 Å². The topological polar surface area (TPSA) is 9.23 Å². The zero-order valence-corrected chi connectivity index (χ0v) is 18.2. The van der Waals surface area contributed by atoms with Crippen molar-refractivity contribution < 1.29 is 4.74 Å². The molecule has 0 heterocycles. The fourth-order valence-electron chi connectivity index (χ4n) is 3.81. The summed E-state index contributed by atoms with van der Waals surface area (Å²) >= 11 is 0. The first-order valence-electron chi connectivity index (χ1n) is 9.51. The van der Waals surface area contributed by atoms with Gasteiger partial charge in [0.25, 0.3) is 0 Å². The monoisotopic (exact) mass is 419 g/mol. The van der Waals surface area contributed by atoms with Crippen LogP contribution >= 0.6 is 19.7 Å². The van der Waals surface area contributed by atoms with Crippen LogP contribution in [0.2, 0.25) is 0 Å². The highest BCUT2D eigenvalue weighted by Crippen LogP contribution is 2.58. The molecule has 0 fully saturated rings. The zero-order chi connectivity index (χ0) is 19.2. The molecule has 146 valence electrons. The smallest absolute Gasteiger partial charge is 0.119 e. The summed E-state index contributed by atoms with van der Waals surface area (Å²) in [5.41, 5.74) is 1.30. The van der Waals surface area contributed by atoms with Crippen molar-refractivity contribution >= 4 is 35.6 Å². The van der Waals surface area contributed by atoms with Gasteiger partial charge in [0.1, 0.15) is 28.9 Å². The lowest BCUT2D eigenvalue weighted by molar-refractivity contribution is 0.414. The lowest BCUT2D eigenvalue weighted by Crippen LogP contribution is -2.32. The summed E-state index contributed by atoms with van der Waals surface area (Å²) in [4.78, 5) is 0. The number of methoxy groups -OCH3 is 1. The van der Waals surface area contributed by atoms with Gasteiger partial charge in [0.15, 0.2) is 0 Å². The summed E-state index contributed by atoms with van der Waals surface area (Å²) in [6.07, 6.45) is 0.961. The zero-order valence-electron chi connectivity index (χ0n) is 16.4. The molecule has 0 radical (unpaired) electrons. The average Bonchev–Trinajstić information content (AvgIpc) is 2.79. The van der Waals surface area contributed by atoms with Gasteiger partial charge in [-0.05, 0) is 54.1 Å². The van der Waals surface area contributed by atoms with Gasteiger partial charge in [-0.15, -0.1) is 12.4 Å². The van der Waals surface area contributed by atoms with Crippen LogP contribution in [0, 0.1) is 0 Å². The molecule has 29 heavy (non-hydrogen) atoms. The molecular weight excluding hydrogens is 395 g/mol. The Labute approximate surface area is 180 Å². The van der Waals surface area contributed by atoms with E-state index >= 15 is 0 Å². The molecule has 0 aromatic heterocycles. The second-order valence-electron chi connectivity index (χ2n) is 6.83. The Balaban J connectivity index is 0.00000240. The van der Waals surface area contributed by atoms with E-state index in [-0.39, 0.29) is 12.4 Å². The SMILES string of the molecule is COc1cccc(C[P+](c2ccccc2)(c2ccccc2)c2ccccc2)c1.Cl. The summed E-state index contributed by atoms with van der Waals surface area (Å²) < 4.78 is 5.50. The van der Waals surface area contributed by atoms with Crippen molar-refractivity contribution in [2.45, 2.75) is 6.16 Å². The van der Waals surface area contributed by atoms with E-state index in [0.717, 1.165) is 11.9 Å². The fourth-order valence-corrected chi connectivity index (χ4v) is 8.04. The Morgan fingerprint density at radius 3 is 1.45 bits per heavy atom. The number of rotatable bonds is 6. The number of hydrogen-bond acceptors (Lipinski definition) is 1. The normalized spacial score (nSPS) is 10.8. The number of ether oxygens (including phenoxy) is 1. The summed E-state index contributed by atoms with van der Waals surface area (Å²) in [5.74, 6) is 0.907. The van der Waals surface area contributed by atoms with E-state index < -0.39 is 7.26 Å². The van der Waals surface area contributed by atoms with Crippen LogP contribution in [0.5, 0.6) is 5.75 Å². The molecule has 1 nitrogen and oxygen atoms in total. The fraction of sp³-hybridized carbons (Fsp3) is 0.0769. The van der Waals surface area contributed by atoms with E-state index in [9.17, 15) is 0 Å². The Morgan fingerprint density at radius 1 is 0.586 bits per heavy atom. The van der Waals surface area contributed by atoms with E-state index in [1.165, 1.54) is 21.5 Å². The minimum Gasteiger partial charge on any atom is -0.497 e. The van der Waals surface area contributed by atoms with Crippen LogP contribution in [0.1, 0.15) is 5.56 Å². The van der Waals surface area contributed by atoms with Gasteiger partial charge in [-0.25, -0.2) is 0 Å². The molecule has 0 unspecified atom stereocenters. The molecular formula is C26H25ClOP+. The van der Waals surface area contributed by atoms with Crippen molar-refractivity contribution in [1.29, 1.82) is 0 Å². The van der Waals surface area contributed by atoms with Crippen LogP contribution in [-0.2, 0) is 6.16 Å². The maximum absolute atomic E-state index is 5.50. The average molecular weight is 420 g/mol. The number of benzene rings is 4. The van der Waals surface area contributed by atoms with Gasteiger partial charge in [0.05, 0.1) is 13.3 Å². The minimum absolute atomic E-state index is 0. The predicted octanol–water partition coefficient (Wildman–Crippen LogP) is 5.61. The highest BCUT2D eigenvalue weighted by atomic mass is 35.5. The molecule has 0 atom stereocenters. The predicted molar refractivity (Wildman–Crippen MR) is 129 cm³/mol. The molecule has 4 aromatic rings. The van der Waals surface area contributed by atoms with Crippen LogP contribution < -0.4 is 20.7 Å². The van der Waals surface area contributed by atoms with Crippen molar-refractivity contribution in [1.82, 2.24) is 0 Å². The van der Waals surface area contributed by atoms with Gasteiger partial charge < -0.3 is 4.74 Å². The first-order chi connectivity index (χ1) is 13.8. The highest BCUT2D eigenvalue weighted by Gasteiger charge is 2.45. The van der Waals surface area contributed by atoms with E-state index in [1.807, 2.05) is 6.07 Å². The molecule has 0 aliphatic rings. The molecule has 0 bridgehead atoms. The third-order valence-electron chi connectivity index (χ3n) is 5.14. The number of halogens is 1. The van der Waals surface area contributed by atoms with E-state index in [1.54, 1.807) is 7.11 Å². The molecule has 4 aromatic carbocycles. The van der Waals surface area contributed by atoms with E-state index in [2.05, 4.69) is 109 Å². The second kappa shape index (κ2) is 9.74. The summed E-state index contributed by atoms with van der Waals surface area (Å²) in [6, 6.07) is 41.4. The molecule has 4 rings (SSSR count). The lowest BCUT2D eigenvalue weighted by Gasteiger charge is -2.28. The maximum atomic E-state index is 5.50. The minimum atomic E-state index is -1.86. The standard InChI is InChI=1S/C26H24OP.ClH/c1-27-23-13-11-12-22(20-23)21-28(24-14-5-2-6-15-24,25-16-7-3-8-17-25)26-18-9-4-10-19-26;/h2-20H,21H2,1H3;1H/q+1;. The molecule has 0 saturated carbocycles. The van der Waals surface area contributed by atoms with Gasteiger partial charge in [-0.2, -0.15) is 0 Å². The first-order valence-corrected chi connectivity index (χ1v) is 11.5. The molecule has 0 amide bonds. The van der Waals surface area contributed by atoms with Crippen LogP contribution in [0.15, 0.2) is 115 Å². The molecule has 0 aliphatic heterocycles. The Kier molecular flexibility index (Phi) is 7.09. The quantitative estimate of drug-likeness (QED) is 0.369. The Morgan fingerprint density at radius 2 is 1.03 bits per heavy atom. The van der Waals surface area contributed by atoms with Gasteiger partial charge in [-0.3, -0.25) is 0 Å². The van der Waals surface area contributed by atoms with Crippen LogP contribution in [0.25, 0.3) is 0 Å². The molecule has 3 heteroatoms. The Hall–Kier alpha value is -2.60. The van der Waals surface area contributed by atoms with Crippen molar-refractivity contribution in [2.24, 2.45) is 0 Å². The second-order valence-corrected chi connectivity index (χ2v) is 10.3. The van der Waals surface area contributed by atoms with Gasteiger partial charge in [0, 0.05) is 0 Å². The van der Waals surface area contributed by atoms with E-state index in [0.29, 0.717) is 0 Å². The largest absolute Gasteiger partial charge is 0.497 e. The maximum Gasteiger partial charge on any atom is 0.119 e. The van der Waals surface area contributed by atoms with Crippen molar-refractivity contribution in [3.8, 4) is 5.75 Å². The molecule has 0 N–H and O–H groups in total. The highest BCUT2D eigenvalue weighted by molar-refractivity contribution is 7.95. The van der Waals surface area contributed by atoms with E-state index in [4.69, 9.17) is 4.74 Å². The lowest BCUT2D eigenvalue weighted by atomic mass is 10.2. The summed E-state index contributed by atoms with van der Waals surface area (Å²) in [5, 5.41) is 4.20. The number of hydrogen-bond donors (Lipinski definition) is 0. The first kappa shape index (κ1) is 21.1. The van der Waals surface area contributed by atoms with Crippen molar-refractivity contribution in [3.63, 3.8) is 0 Å². The third kappa shape index (κ3) is 4.37. The van der Waals surface area contributed by atoms with Gasteiger partial charge in [0.2, 0.25) is 0 Å². The summed E-state index contributed by atoms with van der Waals surface area (Å²) in [7, 11) is -0.132. The van der Waals surface area contributed by atoms with Crippen molar-refractivity contribution in [3.05, 3.63) is 121 Å². The van der Waals surface area contributed by atoms with Crippen LogP contribution in [-0.4, -0.2) is 7.11 Å². The third-order valence-corrected chi connectivity index (χ3v) is 9.52. The Bertz CT molecular complexity index is 923. The molecule has 0 aliphatic carbocycles. The summed E-state index contributed by atoms with van der Waals surface area (Å²) in [6.45, 7) is 0. The van der Waals surface area contributed by atoms with Gasteiger partial charge in [-0.1, -0.05) is 66.7 Å². The van der Waals surface area contributed by atoms with Crippen LogP contribution in [0.4, 0.5) is 0 Å². The van der Waals surface area contributed by atoms with Gasteiger partial charge >= 0.3 is 0 Å². The molecule has 0 saturated heterocycles. The molecule has 0 spiro atoms.